The summed E-state index contributed by atoms with van der Waals surface area (Å²) in [6.45, 7) is 6.21. The van der Waals surface area contributed by atoms with Gasteiger partial charge in [0, 0.05) is 18.5 Å². The van der Waals surface area contributed by atoms with Crippen LogP contribution in [0.15, 0.2) is 34.4 Å². The number of thioether (sulfide) groups is 1. The van der Waals surface area contributed by atoms with Crippen molar-refractivity contribution in [2.24, 2.45) is 12.0 Å². The molecule has 0 bridgehead atoms. The number of hydrogen-bond acceptors (Lipinski definition) is 4. The van der Waals surface area contributed by atoms with Crippen molar-refractivity contribution >= 4 is 17.7 Å². The number of aliphatic imine (C=N–C) groups is 1. The van der Waals surface area contributed by atoms with Crippen molar-refractivity contribution < 1.29 is 0 Å². The fraction of sp³-hybridized carbons (Fsp3) is 0.438. The van der Waals surface area contributed by atoms with Gasteiger partial charge in [-0.2, -0.15) is 0 Å². The Kier molecular flexibility index (Phi) is 6.46. The van der Waals surface area contributed by atoms with Crippen LogP contribution in [0.5, 0.6) is 0 Å². The molecule has 1 aromatic carbocycles. The van der Waals surface area contributed by atoms with Gasteiger partial charge in [-0.1, -0.05) is 12.1 Å². The molecule has 2 N–H and O–H groups in total. The third kappa shape index (κ3) is 4.99. The summed E-state index contributed by atoms with van der Waals surface area (Å²) in [7, 11) is 1.93. The van der Waals surface area contributed by atoms with E-state index in [0.29, 0.717) is 13.1 Å². The Labute approximate surface area is 141 Å². The summed E-state index contributed by atoms with van der Waals surface area (Å²) in [4.78, 5) is 5.95. The van der Waals surface area contributed by atoms with Crippen LogP contribution < -0.4 is 10.6 Å². The number of aromatic nitrogens is 3. The van der Waals surface area contributed by atoms with Crippen LogP contribution in [0, 0.1) is 6.92 Å². The molecule has 0 aliphatic rings. The third-order valence-corrected chi connectivity index (χ3v) is 4.23. The molecule has 7 heteroatoms. The smallest absolute Gasteiger partial charge is 0.191 e. The minimum absolute atomic E-state index is 0.589. The van der Waals surface area contributed by atoms with Crippen LogP contribution in [0.3, 0.4) is 0 Å². The molecule has 0 unspecified atom stereocenters. The van der Waals surface area contributed by atoms with Crippen LogP contribution in [0.1, 0.15) is 23.9 Å². The van der Waals surface area contributed by atoms with E-state index in [2.05, 4.69) is 64.1 Å². The van der Waals surface area contributed by atoms with Gasteiger partial charge >= 0.3 is 0 Å². The van der Waals surface area contributed by atoms with Crippen LogP contribution >= 0.6 is 11.8 Å². The van der Waals surface area contributed by atoms with Crippen LogP contribution in [-0.4, -0.2) is 33.5 Å². The van der Waals surface area contributed by atoms with Crippen molar-refractivity contribution in [2.45, 2.75) is 31.8 Å². The molecule has 2 rings (SSSR count). The average Bonchev–Trinajstić information content (AvgIpc) is 2.96. The van der Waals surface area contributed by atoms with Gasteiger partial charge in [-0.3, -0.25) is 0 Å². The second-order valence-electron chi connectivity index (χ2n) is 5.22. The van der Waals surface area contributed by atoms with E-state index in [9.17, 15) is 0 Å². The number of rotatable bonds is 6. The number of nitrogens with zero attached hydrogens (tertiary/aromatic N) is 4. The predicted octanol–water partition coefficient (Wildman–Crippen LogP) is 2.10. The van der Waals surface area contributed by atoms with Crippen LogP contribution in [0.4, 0.5) is 0 Å². The summed E-state index contributed by atoms with van der Waals surface area (Å²) >= 11 is 1.76. The molecule has 0 fully saturated rings. The molecular weight excluding hydrogens is 308 g/mol. The van der Waals surface area contributed by atoms with Gasteiger partial charge < -0.3 is 15.2 Å². The Morgan fingerprint density at radius 2 is 2.17 bits per heavy atom. The number of hydrogen-bond donors (Lipinski definition) is 2. The lowest BCUT2D eigenvalue weighted by Crippen LogP contribution is -2.37. The van der Waals surface area contributed by atoms with Gasteiger partial charge in [-0.25, -0.2) is 4.99 Å². The largest absolute Gasteiger partial charge is 0.357 e. The maximum atomic E-state index is 4.67. The quantitative estimate of drug-likeness (QED) is 0.482. The molecule has 0 aliphatic carbocycles. The summed E-state index contributed by atoms with van der Waals surface area (Å²) in [5.41, 5.74) is 2.51. The zero-order valence-corrected chi connectivity index (χ0v) is 14.9. The Balaban J connectivity index is 2.05. The molecule has 0 saturated carbocycles. The first kappa shape index (κ1) is 17.3. The number of benzene rings is 1. The van der Waals surface area contributed by atoms with Crippen LogP contribution in [0.2, 0.25) is 0 Å². The first-order valence-corrected chi connectivity index (χ1v) is 8.85. The molecular formula is C16H24N6S. The van der Waals surface area contributed by atoms with Crippen molar-refractivity contribution in [2.75, 3.05) is 12.8 Å². The third-order valence-electron chi connectivity index (χ3n) is 3.41. The van der Waals surface area contributed by atoms with Gasteiger partial charge in [0.15, 0.2) is 11.8 Å². The number of aryl methyl sites for hydroxylation is 2. The van der Waals surface area contributed by atoms with E-state index in [1.165, 1.54) is 16.0 Å². The predicted molar refractivity (Wildman–Crippen MR) is 95.6 cm³/mol. The van der Waals surface area contributed by atoms with E-state index < -0.39 is 0 Å². The number of guanidine groups is 1. The summed E-state index contributed by atoms with van der Waals surface area (Å²) < 4.78 is 1.89. The van der Waals surface area contributed by atoms with Gasteiger partial charge in [0.1, 0.15) is 6.33 Å². The lowest BCUT2D eigenvalue weighted by Gasteiger charge is -2.12. The topological polar surface area (TPSA) is 67.1 Å². The molecule has 0 amide bonds. The van der Waals surface area contributed by atoms with Crippen molar-refractivity contribution in [3.63, 3.8) is 0 Å². The van der Waals surface area contributed by atoms with E-state index in [0.717, 1.165) is 18.3 Å². The van der Waals surface area contributed by atoms with Crippen LogP contribution in [0.25, 0.3) is 0 Å². The molecule has 23 heavy (non-hydrogen) atoms. The highest BCUT2D eigenvalue weighted by Gasteiger charge is 2.05. The fourth-order valence-electron chi connectivity index (χ4n) is 2.12. The van der Waals surface area contributed by atoms with E-state index in [4.69, 9.17) is 0 Å². The van der Waals surface area contributed by atoms with Gasteiger partial charge in [0.25, 0.3) is 0 Å². The van der Waals surface area contributed by atoms with Gasteiger partial charge in [0.2, 0.25) is 0 Å². The summed E-state index contributed by atoms with van der Waals surface area (Å²) in [5.74, 6) is 1.65. The summed E-state index contributed by atoms with van der Waals surface area (Å²) in [5, 5.41) is 14.5. The molecule has 124 valence electrons. The monoisotopic (exact) mass is 332 g/mol. The zero-order valence-electron chi connectivity index (χ0n) is 14.1. The molecule has 0 saturated heterocycles. The molecule has 0 atom stereocenters. The lowest BCUT2D eigenvalue weighted by molar-refractivity contribution is 0.726. The van der Waals surface area contributed by atoms with Gasteiger partial charge in [-0.05, 0) is 37.3 Å². The van der Waals surface area contributed by atoms with E-state index >= 15 is 0 Å². The number of nitrogens with one attached hydrogen (secondary N) is 2. The van der Waals surface area contributed by atoms with E-state index in [1.54, 1.807) is 18.1 Å². The second-order valence-corrected chi connectivity index (χ2v) is 6.07. The van der Waals surface area contributed by atoms with Crippen molar-refractivity contribution in [1.82, 2.24) is 25.4 Å². The van der Waals surface area contributed by atoms with Gasteiger partial charge in [-0.15, -0.1) is 22.0 Å². The Bertz CT molecular complexity index is 664. The minimum atomic E-state index is 0.589. The normalized spacial score (nSPS) is 11.6. The lowest BCUT2D eigenvalue weighted by atomic mass is 10.1. The first-order valence-electron chi connectivity index (χ1n) is 7.62. The molecule has 2 aromatic rings. The average molecular weight is 332 g/mol. The molecule has 1 heterocycles. The molecule has 0 spiro atoms. The highest BCUT2D eigenvalue weighted by Crippen LogP contribution is 2.22. The fourth-order valence-corrected chi connectivity index (χ4v) is 2.82. The highest BCUT2D eigenvalue weighted by molar-refractivity contribution is 7.98. The second kappa shape index (κ2) is 8.57. The summed E-state index contributed by atoms with van der Waals surface area (Å²) in [6, 6.07) is 6.48. The van der Waals surface area contributed by atoms with E-state index in [-0.39, 0.29) is 0 Å². The van der Waals surface area contributed by atoms with Crippen molar-refractivity contribution in [3.8, 4) is 0 Å². The SMILES string of the molecule is CCNC(=NCc1ccc(C)cc1SC)NCc1nncn1C. The Morgan fingerprint density at radius 1 is 1.35 bits per heavy atom. The van der Waals surface area contributed by atoms with Gasteiger partial charge in [0.05, 0.1) is 13.1 Å². The highest BCUT2D eigenvalue weighted by atomic mass is 32.2. The van der Waals surface area contributed by atoms with E-state index in [1.807, 2.05) is 11.6 Å². The molecule has 6 nitrogen and oxygen atoms in total. The Morgan fingerprint density at radius 3 is 2.83 bits per heavy atom. The minimum Gasteiger partial charge on any atom is -0.357 e. The zero-order chi connectivity index (χ0) is 16.7. The molecule has 0 radical (unpaired) electrons. The Hall–Kier alpha value is -2.02. The maximum Gasteiger partial charge on any atom is 0.191 e. The van der Waals surface area contributed by atoms with Crippen molar-refractivity contribution in [3.05, 3.63) is 41.5 Å². The van der Waals surface area contributed by atoms with Crippen LogP contribution in [-0.2, 0) is 20.1 Å². The first-order chi connectivity index (χ1) is 11.1. The standard InChI is InChI=1S/C16H24N6S/c1-5-17-16(19-10-15-21-20-11-22(15)3)18-9-13-7-6-12(2)8-14(13)23-4/h6-8,11H,5,9-10H2,1-4H3,(H2,17,18,19). The summed E-state index contributed by atoms with van der Waals surface area (Å²) in [6.07, 6.45) is 3.79. The molecule has 0 aliphatic heterocycles. The molecule has 1 aromatic heterocycles. The maximum absolute atomic E-state index is 4.67. The van der Waals surface area contributed by atoms with Crippen molar-refractivity contribution in [1.29, 1.82) is 0 Å².